The second kappa shape index (κ2) is 5.16. The van der Waals surface area contributed by atoms with E-state index in [9.17, 15) is 0 Å². The summed E-state index contributed by atoms with van der Waals surface area (Å²) in [6, 6.07) is 0. The van der Waals surface area contributed by atoms with Gasteiger partial charge in [-0.25, -0.2) is 0 Å². The lowest BCUT2D eigenvalue weighted by Crippen LogP contribution is -2.58. The maximum Gasteiger partial charge on any atom is 0.252 e. The molecule has 1 N–H and O–H groups in total. The predicted octanol–water partition coefficient (Wildman–Crippen LogP) is -0.0488. The van der Waals surface area contributed by atoms with Gasteiger partial charge in [0.15, 0.2) is 0 Å². The van der Waals surface area contributed by atoms with Gasteiger partial charge in [0, 0.05) is 26.2 Å². The van der Waals surface area contributed by atoms with Crippen molar-refractivity contribution in [1.82, 2.24) is 20.4 Å². The Morgan fingerprint density at radius 3 is 3.05 bits per heavy atom. The fourth-order valence-corrected chi connectivity index (χ4v) is 2.21. The first-order valence-electron chi connectivity index (χ1n) is 6.62. The molecule has 2 aliphatic rings. The summed E-state index contributed by atoms with van der Waals surface area (Å²) in [4.78, 5) is 6.55. The average molecular weight is 268 g/mol. The Morgan fingerprint density at radius 2 is 2.37 bits per heavy atom. The number of likely N-dealkylation sites (N-methyl/N-ethyl adjacent to an activating group) is 1. The maximum absolute atomic E-state index is 5.76. The second-order valence-corrected chi connectivity index (χ2v) is 5.51. The van der Waals surface area contributed by atoms with Crippen LogP contribution in [0.3, 0.4) is 0 Å². The molecule has 0 aromatic carbocycles. The Balaban J connectivity index is 1.56. The van der Waals surface area contributed by atoms with Crippen LogP contribution in [0.2, 0.25) is 0 Å². The minimum Gasteiger partial charge on any atom is -0.367 e. The zero-order valence-electron chi connectivity index (χ0n) is 11.4. The molecular formula is C12H20N4O3. The summed E-state index contributed by atoms with van der Waals surface area (Å²) in [6.45, 7) is 6.59. The lowest BCUT2D eigenvalue weighted by molar-refractivity contribution is -0.0841. The first-order valence-corrected chi connectivity index (χ1v) is 6.62. The zero-order valence-corrected chi connectivity index (χ0v) is 11.4. The number of nitrogens with zero attached hydrogens (tertiary/aromatic N) is 3. The van der Waals surface area contributed by atoms with Crippen molar-refractivity contribution in [2.45, 2.75) is 25.2 Å². The molecule has 2 saturated heterocycles. The first kappa shape index (κ1) is 13.0. The lowest BCUT2D eigenvalue weighted by atomic mass is 10.0. The smallest absolute Gasteiger partial charge is 0.252 e. The van der Waals surface area contributed by atoms with Crippen molar-refractivity contribution >= 4 is 0 Å². The molecule has 3 rings (SSSR count). The number of nitrogens with one attached hydrogen (secondary N) is 1. The van der Waals surface area contributed by atoms with Crippen molar-refractivity contribution < 1.29 is 14.0 Å². The third-order valence-electron chi connectivity index (χ3n) is 3.58. The van der Waals surface area contributed by atoms with Crippen LogP contribution in [0.15, 0.2) is 4.52 Å². The van der Waals surface area contributed by atoms with Gasteiger partial charge in [0.05, 0.1) is 12.2 Å². The largest absolute Gasteiger partial charge is 0.367 e. The van der Waals surface area contributed by atoms with E-state index in [4.69, 9.17) is 14.0 Å². The molecule has 0 saturated carbocycles. The number of aromatic nitrogens is 2. The van der Waals surface area contributed by atoms with E-state index in [1.165, 1.54) is 0 Å². The van der Waals surface area contributed by atoms with Crippen molar-refractivity contribution in [1.29, 1.82) is 0 Å². The van der Waals surface area contributed by atoms with Gasteiger partial charge < -0.3 is 24.2 Å². The Morgan fingerprint density at radius 1 is 1.53 bits per heavy atom. The topological polar surface area (TPSA) is 72.7 Å². The molecule has 1 aromatic heterocycles. The maximum atomic E-state index is 5.76. The van der Waals surface area contributed by atoms with Crippen LogP contribution in [-0.4, -0.2) is 60.5 Å². The Bertz CT molecular complexity index is 432. The summed E-state index contributed by atoms with van der Waals surface area (Å²) in [7, 11) is 2.06. The molecule has 1 unspecified atom stereocenters. The number of ether oxygens (including phenoxy) is 2. The number of rotatable bonds is 4. The summed E-state index contributed by atoms with van der Waals surface area (Å²) in [5.41, 5.74) is -0.101. The third-order valence-corrected chi connectivity index (χ3v) is 3.58. The van der Waals surface area contributed by atoms with Gasteiger partial charge in [-0.1, -0.05) is 5.16 Å². The monoisotopic (exact) mass is 268 g/mol. The zero-order chi connectivity index (χ0) is 13.3. The van der Waals surface area contributed by atoms with Gasteiger partial charge in [0.2, 0.25) is 5.82 Å². The standard InChI is InChI=1S/C12H20N4O3/c1-12(7-13-8-12)18-6-10-14-11(15-19-10)9-5-16(2)3-4-17-9/h9,13H,3-8H2,1-2H3. The lowest BCUT2D eigenvalue weighted by Gasteiger charge is -2.38. The summed E-state index contributed by atoms with van der Waals surface area (Å²) in [5, 5.41) is 7.17. The molecule has 3 heterocycles. The molecule has 0 radical (unpaired) electrons. The Hall–Kier alpha value is -1.02. The fraction of sp³-hybridized carbons (Fsp3) is 0.833. The minimum atomic E-state index is -0.101. The molecule has 2 aliphatic heterocycles. The summed E-state index contributed by atoms with van der Waals surface area (Å²) < 4.78 is 16.6. The first-order chi connectivity index (χ1) is 9.15. The number of hydrogen-bond donors (Lipinski definition) is 1. The number of morpholine rings is 1. The minimum absolute atomic E-state index is 0.0998. The molecule has 2 fully saturated rings. The van der Waals surface area contributed by atoms with Gasteiger partial charge in [-0.15, -0.1) is 0 Å². The van der Waals surface area contributed by atoms with Crippen molar-refractivity contribution in [3.63, 3.8) is 0 Å². The van der Waals surface area contributed by atoms with Crippen LogP contribution in [-0.2, 0) is 16.1 Å². The molecule has 0 aliphatic carbocycles. The molecule has 0 bridgehead atoms. The van der Waals surface area contributed by atoms with Crippen molar-refractivity contribution in [2.24, 2.45) is 0 Å². The van der Waals surface area contributed by atoms with E-state index >= 15 is 0 Å². The predicted molar refractivity (Wildman–Crippen MR) is 66.6 cm³/mol. The van der Waals surface area contributed by atoms with E-state index in [1.807, 2.05) is 0 Å². The van der Waals surface area contributed by atoms with E-state index < -0.39 is 0 Å². The molecule has 0 amide bonds. The van der Waals surface area contributed by atoms with Crippen LogP contribution in [0.25, 0.3) is 0 Å². The van der Waals surface area contributed by atoms with Crippen LogP contribution in [0.4, 0.5) is 0 Å². The molecule has 7 nitrogen and oxygen atoms in total. The molecule has 19 heavy (non-hydrogen) atoms. The van der Waals surface area contributed by atoms with Gasteiger partial charge in [0.25, 0.3) is 5.89 Å². The van der Waals surface area contributed by atoms with Crippen molar-refractivity contribution in [3.8, 4) is 0 Å². The average Bonchev–Trinajstić information content (AvgIpc) is 2.83. The van der Waals surface area contributed by atoms with Gasteiger partial charge in [-0.2, -0.15) is 4.98 Å². The second-order valence-electron chi connectivity index (χ2n) is 5.51. The van der Waals surface area contributed by atoms with E-state index in [1.54, 1.807) is 0 Å². The highest BCUT2D eigenvalue weighted by molar-refractivity contribution is 4.95. The van der Waals surface area contributed by atoms with E-state index in [-0.39, 0.29) is 11.7 Å². The molecule has 1 atom stereocenters. The van der Waals surface area contributed by atoms with Crippen LogP contribution in [0.1, 0.15) is 24.7 Å². The van der Waals surface area contributed by atoms with E-state index in [2.05, 4.69) is 34.3 Å². The molecule has 106 valence electrons. The van der Waals surface area contributed by atoms with Crippen molar-refractivity contribution in [3.05, 3.63) is 11.7 Å². The third kappa shape index (κ3) is 2.94. The van der Waals surface area contributed by atoms with E-state index in [0.717, 1.165) is 26.2 Å². The van der Waals surface area contributed by atoms with Crippen LogP contribution in [0.5, 0.6) is 0 Å². The van der Waals surface area contributed by atoms with E-state index in [0.29, 0.717) is 24.9 Å². The highest BCUT2D eigenvalue weighted by Crippen LogP contribution is 2.20. The van der Waals surface area contributed by atoms with Gasteiger partial charge in [0.1, 0.15) is 12.7 Å². The van der Waals surface area contributed by atoms with Gasteiger partial charge in [-0.3, -0.25) is 0 Å². The van der Waals surface area contributed by atoms with Gasteiger partial charge >= 0.3 is 0 Å². The SMILES string of the molecule is CN1CCOC(c2noc(COC3(C)CNC3)n2)C1. The Labute approximate surface area is 112 Å². The summed E-state index contributed by atoms with van der Waals surface area (Å²) in [6.07, 6.45) is -0.0998. The highest BCUT2D eigenvalue weighted by atomic mass is 16.5. The molecule has 1 aromatic rings. The van der Waals surface area contributed by atoms with Crippen molar-refractivity contribution in [2.75, 3.05) is 39.8 Å². The van der Waals surface area contributed by atoms with Crippen LogP contribution >= 0.6 is 0 Å². The normalized spacial score (nSPS) is 27.2. The summed E-state index contributed by atoms with van der Waals surface area (Å²) in [5.74, 6) is 1.13. The van der Waals surface area contributed by atoms with Crippen LogP contribution in [0, 0.1) is 0 Å². The molecule has 7 heteroatoms. The highest BCUT2D eigenvalue weighted by Gasteiger charge is 2.33. The Kier molecular flexibility index (Phi) is 3.53. The number of hydrogen-bond acceptors (Lipinski definition) is 7. The molecule has 0 spiro atoms. The summed E-state index contributed by atoms with van der Waals surface area (Å²) >= 11 is 0. The molecular weight excluding hydrogens is 248 g/mol. The van der Waals surface area contributed by atoms with Gasteiger partial charge in [-0.05, 0) is 14.0 Å². The fourth-order valence-electron chi connectivity index (χ4n) is 2.21. The quantitative estimate of drug-likeness (QED) is 0.820. The van der Waals surface area contributed by atoms with Crippen LogP contribution < -0.4 is 5.32 Å².